The fourth-order valence-electron chi connectivity index (χ4n) is 3.72. The number of Topliss-reactive ketones (excluding diaryl/α,β-unsaturated/α-hetero) is 1. The smallest absolute Gasteiger partial charge is 0.317 e. The highest BCUT2D eigenvalue weighted by molar-refractivity contribution is 6.74. The van der Waals surface area contributed by atoms with Gasteiger partial charge in [-0.25, -0.2) is 4.98 Å². The van der Waals surface area contributed by atoms with Crippen molar-refractivity contribution >= 4 is 20.1 Å². The summed E-state index contributed by atoms with van der Waals surface area (Å²) < 4.78 is 17.8. The van der Waals surface area contributed by atoms with Crippen molar-refractivity contribution in [1.29, 1.82) is 0 Å². The van der Waals surface area contributed by atoms with E-state index < -0.39 is 25.8 Å². The zero-order valence-electron chi connectivity index (χ0n) is 24.8. The number of hydrogen-bond donors (Lipinski definition) is 0. The second kappa shape index (κ2) is 12.0. The summed E-state index contributed by atoms with van der Waals surface area (Å²) in [5.74, 6) is -1.02. The van der Waals surface area contributed by atoms with Gasteiger partial charge in [-0.05, 0) is 70.1 Å². The number of pyridine rings is 1. The molecule has 39 heavy (non-hydrogen) atoms. The predicted molar refractivity (Wildman–Crippen MR) is 155 cm³/mol. The van der Waals surface area contributed by atoms with Crippen LogP contribution in [0, 0.1) is 12.8 Å². The summed E-state index contributed by atoms with van der Waals surface area (Å²) in [7, 11) is -1.84. The van der Waals surface area contributed by atoms with Crippen molar-refractivity contribution in [3.05, 3.63) is 71.4 Å². The van der Waals surface area contributed by atoms with Crippen LogP contribution < -0.4 is 0 Å². The number of benzene rings is 1. The lowest BCUT2D eigenvalue weighted by Gasteiger charge is -2.36. The van der Waals surface area contributed by atoms with Gasteiger partial charge in [0.05, 0.1) is 5.69 Å². The maximum atomic E-state index is 13.6. The van der Waals surface area contributed by atoms with Gasteiger partial charge in [-0.3, -0.25) is 14.6 Å². The monoisotopic (exact) mass is 550 g/mol. The Bertz CT molecular complexity index is 1270. The van der Waals surface area contributed by atoms with Gasteiger partial charge in [-0.1, -0.05) is 39.0 Å². The molecule has 0 spiro atoms. The topological polar surface area (TPSA) is 91.5 Å². The van der Waals surface area contributed by atoms with Gasteiger partial charge in [0.25, 0.3) is 0 Å². The molecule has 0 aliphatic rings. The van der Waals surface area contributed by atoms with Crippen LogP contribution >= 0.6 is 0 Å². The SMILES string of the molecule is Cc1oc(-c2ccccc2)nc1CC(C(=O)OC(C)(C)C)C(=O)c1ccc(CCO[Si](C)(C)C(C)(C)C)nc1. The van der Waals surface area contributed by atoms with Crippen LogP contribution in [-0.4, -0.2) is 42.2 Å². The van der Waals surface area contributed by atoms with E-state index in [1.165, 1.54) is 6.20 Å². The summed E-state index contributed by atoms with van der Waals surface area (Å²) in [6.45, 7) is 18.8. The third kappa shape index (κ3) is 8.19. The molecular formula is C31H42N2O5Si. The summed E-state index contributed by atoms with van der Waals surface area (Å²) in [6, 6.07) is 13.1. The lowest BCUT2D eigenvalue weighted by atomic mass is 9.93. The van der Waals surface area contributed by atoms with Crippen LogP contribution in [0.15, 0.2) is 53.1 Å². The highest BCUT2D eigenvalue weighted by Crippen LogP contribution is 2.36. The number of nitrogens with zero attached hydrogens (tertiary/aromatic N) is 2. The molecule has 8 heteroatoms. The van der Waals surface area contributed by atoms with E-state index in [-0.39, 0.29) is 17.2 Å². The Morgan fingerprint density at radius 3 is 2.23 bits per heavy atom. The molecule has 0 fully saturated rings. The maximum absolute atomic E-state index is 13.6. The van der Waals surface area contributed by atoms with Crippen LogP contribution in [0.5, 0.6) is 0 Å². The molecule has 0 saturated heterocycles. The summed E-state index contributed by atoms with van der Waals surface area (Å²) in [5, 5.41) is 0.136. The summed E-state index contributed by atoms with van der Waals surface area (Å²) in [6.07, 6.45) is 2.25. The van der Waals surface area contributed by atoms with E-state index in [1.807, 2.05) is 36.4 Å². The molecule has 0 aliphatic carbocycles. The van der Waals surface area contributed by atoms with Crippen molar-refractivity contribution in [3.8, 4) is 11.5 Å². The highest BCUT2D eigenvalue weighted by atomic mass is 28.4. The fraction of sp³-hybridized carbons (Fsp3) is 0.484. The van der Waals surface area contributed by atoms with Gasteiger partial charge in [0.2, 0.25) is 5.89 Å². The first-order valence-electron chi connectivity index (χ1n) is 13.4. The first kappa shape index (κ1) is 30.4. The minimum Gasteiger partial charge on any atom is -0.459 e. The van der Waals surface area contributed by atoms with Crippen LogP contribution in [-0.2, 0) is 26.8 Å². The first-order valence-corrected chi connectivity index (χ1v) is 16.4. The van der Waals surface area contributed by atoms with Crippen LogP contribution in [0.1, 0.15) is 69.0 Å². The fourth-order valence-corrected chi connectivity index (χ4v) is 4.76. The van der Waals surface area contributed by atoms with Crippen molar-refractivity contribution in [3.63, 3.8) is 0 Å². The van der Waals surface area contributed by atoms with Gasteiger partial charge >= 0.3 is 5.97 Å². The normalized spacial score (nSPS) is 13.3. The first-order chi connectivity index (χ1) is 18.1. The molecule has 1 unspecified atom stereocenters. The third-order valence-electron chi connectivity index (χ3n) is 7.06. The van der Waals surface area contributed by atoms with Crippen molar-refractivity contribution in [1.82, 2.24) is 9.97 Å². The zero-order chi connectivity index (χ0) is 29.0. The molecule has 2 heterocycles. The number of hydrogen-bond acceptors (Lipinski definition) is 7. The van der Waals surface area contributed by atoms with Crippen LogP contribution in [0.2, 0.25) is 18.1 Å². The number of ether oxygens (including phenoxy) is 1. The molecule has 0 amide bonds. The Morgan fingerprint density at radius 1 is 1.00 bits per heavy atom. The number of esters is 1. The van der Waals surface area contributed by atoms with Gasteiger partial charge in [0.15, 0.2) is 14.1 Å². The molecule has 3 rings (SSSR count). The number of carbonyl (C=O) groups excluding carboxylic acids is 2. The summed E-state index contributed by atoms with van der Waals surface area (Å²) >= 11 is 0. The number of carbonyl (C=O) groups is 2. The quantitative estimate of drug-likeness (QED) is 0.116. The Hall–Kier alpha value is -3.10. The number of ketones is 1. The minimum absolute atomic E-state index is 0.0675. The number of aromatic nitrogens is 2. The summed E-state index contributed by atoms with van der Waals surface area (Å²) in [4.78, 5) is 35.9. The molecule has 210 valence electrons. The molecule has 0 bridgehead atoms. The molecule has 0 radical (unpaired) electrons. The van der Waals surface area contributed by atoms with Gasteiger partial charge in [-0.15, -0.1) is 0 Å². The Kier molecular flexibility index (Phi) is 9.34. The molecule has 3 aromatic rings. The lowest BCUT2D eigenvalue weighted by molar-refractivity contribution is -0.158. The number of rotatable bonds is 10. The van der Waals surface area contributed by atoms with Crippen LogP contribution in [0.25, 0.3) is 11.5 Å². The minimum atomic E-state index is -1.84. The van der Waals surface area contributed by atoms with Crippen LogP contribution in [0.4, 0.5) is 0 Å². The molecule has 0 saturated carbocycles. The molecule has 0 aliphatic heterocycles. The zero-order valence-corrected chi connectivity index (χ0v) is 25.8. The molecule has 2 aromatic heterocycles. The Balaban J connectivity index is 1.78. The van der Waals surface area contributed by atoms with E-state index >= 15 is 0 Å². The second-order valence-electron chi connectivity index (χ2n) is 12.4. The van der Waals surface area contributed by atoms with Gasteiger partial charge in [0.1, 0.15) is 17.3 Å². The van der Waals surface area contributed by atoms with Crippen molar-refractivity contribution in [2.75, 3.05) is 6.61 Å². The number of oxazole rings is 1. The molecule has 1 atom stereocenters. The van der Waals surface area contributed by atoms with Crippen molar-refractivity contribution in [2.45, 2.75) is 85.0 Å². The van der Waals surface area contributed by atoms with Gasteiger partial charge < -0.3 is 13.6 Å². The molecule has 7 nitrogen and oxygen atoms in total. The van der Waals surface area contributed by atoms with Crippen molar-refractivity contribution in [2.24, 2.45) is 5.92 Å². The van der Waals surface area contributed by atoms with Gasteiger partial charge in [0, 0.05) is 42.5 Å². The van der Waals surface area contributed by atoms with E-state index in [0.29, 0.717) is 35.9 Å². The average Bonchev–Trinajstić information content (AvgIpc) is 3.21. The Morgan fingerprint density at radius 2 is 1.67 bits per heavy atom. The van der Waals surface area contributed by atoms with E-state index in [2.05, 4.69) is 43.8 Å². The van der Waals surface area contributed by atoms with Crippen molar-refractivity contribution < 1.29 is 23.2 Å². The predicted octanol–water partition coefficient (Wildman–Crippen LogP) is 6.99. The summed E-state index contributed by atoms with van der Waals surface area (Å²) in [5.41, 5.74) is 1.81. The van der Waals surface area contributed by atoms with E-state index in [0.717, 1.165) is 11.3 Å². The van der Waals surface area contributed by atoms with E-state index in [9.17, 15) is 9.59 Å². The van der Waals surface area contributed by atoms with Crippen LogP contribution in [0.3, 0.4) is 0 Å². The standard InChI is InChI=1S/C31H42N2O5Si/c1-21-26(33-28(37-21)22-13-11-10-12-14-22)19-25(29(35)38-30(2,3)4)27(34)23-15-16-24(32-20-23)17-18-36-39(8,9)31(5,6)7/h10-16,20,25H,17-19H2,1-9H3. The maximum Gasteiger partial charge on any atom is 0.317 e. The second-order valence-corrected chi connectivity index (χ2v) is 17.2. The van der Waals surface area contributed by atoms with Gasteiger partial charge in [-0.2, -0.15) is 0 Å². The lowest BCUT2D eigenvalue weighted by Crippen LogP contribution is -2.41. The van der Waals surface area contributed by atoms with E-state index in [1.54, 1.807) is 33.8 Å². The van der Waals surface area contributed by atoms with E-state index in [4.69, 9.17) is 13.6 Å². The molecule has 1 aromatic carbocycles. The molecular weight excluding hydrogens is 508 g/mol. The Labute approximate surface area is 233 Å². The highest BCUT2D eigenvalue weighted by Gasteiger charge is 2.37. The number of aryl methyl sites for hydroxylation is 1. The largest absolute Gasteiger partial charge is 0.459 e. The third-order valence-corrected chi connectivity index (χ3v) is 11.6. The molecule has 0 N–H and O–H groups in total. The average molecular weight is 551 g/mol.